The van der Waals surface area contributed by atoms with Crippen LogP contribution in [-0.4, -0.2) is 22.4 Å². The Labute approximate surface area is 143 Å². The Morgan fingerprint density at radius 2 is 1.91 bits per heavy atom. The third kappa shape index (κ3) is 3.56. The van der Waals surface area contributed by atoms with Gasteiger partial charge in [-0.25, -0.2) is 0 Å². The topological polar surface area (TPSA) is 57.6 Å². The van der Waals surface area contributed by atoms with Gasteiger partial charge < -0.3 is 14.8 Å². The van der Waals surface area contributed by atoms with E-state index < -0.39 is 0 Å². The maximum Gasteiger partial charge on any atom is 0.198 e. The summed E-state index contributed by atoms with van der Waals surface area (Å²) in [5.74, 6) is 0.930. The lowest BCUT2D eigenvalue weighted by atomic mass is 10.2. The van der Waals surface area contributed by atoms with E-state index in [1.807, 2.05) is 56.3 Å². The highest BCUT2D eigenvalue weighted by molar-refractivity contribution is 9.10. The number of H-pyrrole nitrogens is 1. The Morgan fingerprint density at radius 1 is 1.17 bits per heavy atom. The van der Waals surface area contributed by atoms with E-state index in [1.165, 1.54) is 0 Å². The summed E-state index contributed by atoms with van der Waals surface area (Å²) in [7, 11) is 0. The Hall–Kier alpha value is -2.27. The fourth-order valence-corrected chi connectivity index (χ4v) is 2.68. The molecule has 0 atom stereocenters. The van der Waals surface area contributed by atoms with E-state index in [-0.39, 0.29) is 12.0 Å². The zero-order valence-electron chi connectivity index (χ0n) is 12.9. The van der Waals surface area contributed by atoms with Crippen molar-refractivity contribution in [2.45, 2.75) is 20.0 Å². The molecule has 0 radical (unpaired) electrons. The fraction of sp³-hybridized carbons (Fsp3) is 0.167. The average Bonchev–Trinajstić information content (AvgIpc) is 2.81. The standard InChI is InChI=1S/C18H17BrN2O2/c1-11(2)23-14-6-4-13(5-7-14)20-10-16-15-9-12(19)3-8-17(15)21-18(16)22/h3-11,21-22H,1-2H3. The van der Waals surface area contributed by atoms with Crippen LogP contribution in [-0.2, 0) is 0 Å². The third-order valence-corrected chi connectivity index (χ3v) is 3.82. The first-order chi connectivity index (χ1) is 11.0. The first kappa shape index (κ1) is 15.6. The van der Waals surface area contributed by atoms with Crippen LogP contribution in [0.1, 0.15) is 19.4 Å². The quantitative estimate of drug-likeness (QED) is 0.620. The van der Waals surface area contributed by atoms with Crippen molar-refractivity contribution in [3.63, 3.8) is 0 Å². The second-order valence-corrected chi connectivity index (χ2v) is 6.41. The smallest absolute Gasteiger partial charge is 0.198 e. The molecular weight excluding hydrogens is 356 g/mol. The summed E-state index contributed by atoms with van der Waals surface area (Å²) in [5, 5.41) is 11.0. The number of aliphatic imine (C=N–C) groups is 1. The second-order valence-electron chi connectivity index (χ2n) is 5.50. The summed E-state index contributed by atoms with van der Waals surface area (Å²) < 4.78 is 6.56. The van der Waals surface area contributed by atoms with Crippen molar-refractivity contribution in [2.75, 3.05) is 0 Å². The van der Waals surface area contributed by atoms with E-state index >= 15 is 0 Å². The highest BCUT2D eigenvalue weighted by Gasteiger charge is 2.09. The number of hydrogen-bond donors (Lipinski definition) is 2. The molecule has 0 saturated carbocycles. The SMILES string of the molecule is CC(C)Oc1ccc(N=Cc2c(O)[nH]c3ccc(Br)cc23)cc1. The van der Waals surface area contributed by atoms with E-state index in [0.717, 1.165) is 26.8 Å². The first-order valence-corrected chi connectivity index (χ1v) is 8.13. The van der Waals surface area contributed by atoms with Crippen molar-refractivity contribution in [2.24, 2.45) is 4.99 Å². The van der Waals surface area contributed by atoms with E-state index in [0.29, 0.717) is 5.56 Å². The molecule has 5 heteroatoms. The Bertz CT molecular complexity index is 851. The Balaban J connectivity index is 1.88. The monoisotopic (exact) mass is 372 g/mol. The number of nitrogens with zero attached hydrogens (tertiary/aromatic N) is 1. The molecule has 0 amide bonds. The maximum absolute atomic E-state index is 10.1. The van der Waals surface area contributed by atoms with Crippen molar-refractivity contribution in [1.29, 1.82) is 0 Å². The molecule has 0 spiro atoms. The zero-order chi connectivity index (χ0) is 16.4. The van der Waals surface area contributed by atoms with Crippen LogP contribution in [0.2, 0.25) is 0 Å². The van der Waals surface area contributed by atoms with Gasteiger partial charge in [0.05, 0.1) is 17.4 Å². The maximum atomic E-state index is 10.1. The lowest BCUT2D eigenvalue weighted by Crippen LogP contribution is -2.04. The summed E-state index contributed by atoms with van der Waals surface area (Å²) in [6.07, 6.45) is 1.81. The molecule has 2 aromatic carbocycles. The van der Waals surface area contributed by atoms with E-state index in [2.05, 4.69) is 25.9 Å². The lowest BCUT2D eigenvalue weighted by Gasteiger charge is -2.08. The number of aromatic nitrogens is 1. The van der Waals surface area contributed by atoms with Crippen molar-refractivity contribution >= 4 is 38.7 Å². The molecule has 0 saturated heterocycles. The normalized spacial score (nSPS) is 11.7. The second kappa shape index (κ2) is 6.46. The highest BCUT2D eigenvalue weighted by atomic mass is 79.9. The van der Waals surface area contributed by atoms with Gasteiger partial charge in [0.1, 0.15) is 5.75 Å². The summed E-state index contributed by atoms with van der Waals surface area (Å²) in [5.41, 5.74) is 2.33. The van der Waals surface area contributed by atoms with Crippen LogP contribution < -0.4 is 4.74 Å². The van der Waals surface area contributed by atoms with Crippen LogP contribution >= 0.6 is 15.9 Å². The van der Waals surface area contributed by atoms with Gasteiger partial charge in [-0.2, -0.15) is 0 Å². The number of benzene rings is 2. The van der Waals surface area contributed by atoms with E-state index in [9.17, 15) is 5.11 Å². The summed E-state index contributed by atoms with van der Waals surface area (Å²) in [4.78, 5) is 7.38. The highest BCUT2D eigenvalue weighted by Crippen LogP contribution is 2.29. The van der Waals surface area contributed by atoms with Gasteiger partial charge in [-0.1, -0.05) is 15.9 Å². The number of rotatable bonds is 4. The van der Waals surface area contributed by atoms with Crippen molar-refractivity contribution in [3.05, 3.63) is 52.5 Å². The summed E-state index contributed by atoms with van der Waals surface area (Å²) in [6, 6.07) is 13.3. The van der Waals surface area contributed by atoms with Crippen LogP contribution in [0.15, 0.2) is 51.9 Å². The van der Waals surface area contributed by atoms with Crippen LogP contribution in [0.3, 0.4) is 0 Å². The number of halogens is 1. The minimum absolute atomic E-state index is 0.113. The molecule has 118 valence electrons. The number of ether oxygens (including phenoxy) is 1. The number of aromatic hydroxyl groups is 1. The molecule has 1 aromatic heterocycles. The minimum Gasteiger partial charge on any atom is -0.494 e. The molecule has 0 aliphatic rings. The molecule has 2 N–H and O–H groups in total. The lowest BCUT2D eigenvalue weighted by molar-refractivity contribution is 0.242. The van der Waals surface area contributed by atoms with Crippen LogP contribution in [0.25, 0.3) is 10.9 Å². The molecule has 0 aliphatic carbocycles. The van der Waals surface area contributed by atoms with Crippen molar-refractivity contribution < 1.29 is 9.84 Å². The summed E-state index contributed by atoms with van der Waals surface area (Å²) in [6.45, 7) is 3.98. The fourth-order valence-electron chi connectivity index (χ4n) is 2.32. The van der Waals surface area contributed by atoms with E-state index in [4.69, 9.17) is 4.74 Å². The number of hydrogen-bond acceptors (Lipinski definition) is 3. The predicted octanol–water partition coefficient (Wildman–Crippen LogP) is 5.17. The van der Waals surface area contributed by atoms with Gasteiger partial charge >= 0.3 is 0 Å². The molecule has 0 bridgehead atoms. The Morgan fingerprint density at radius 3 is 2.61 bits per heavy atom. The molecule has 0 aliphatic heterocycles. The molecule has 0 fully saturated rings. The number of nitrogens with one attached hydrogen (secondary N) is 1. The van der Waals surface area contributed by atoms with Gasteiger partial charge in [0.2, 0.25) is 0 Å². The van der Waals surface area contributed by atoms with Gasteiger partial charge in [0.25, 0.3) is 0 Å². The minimum atomic E-state index is 0.113. The van der Waals surface area contributed by atoms with Crippen LogP contribution in [0.4, 0.5) is 5.69 Å². The van der Waals surface area contributed by atoms with E-state index in [1.54, 1.807) is 6.21 Å². The van der Waals surface area contributed by atoms with Crippen molar-refractivity contribution in [1.82, 2.24) is 4.98 Å². The largest absolute Gasteiger partial charge is 0.494 e. The molecule has 3 rings (SSSR count). The van der Waals surface area contributed by atoms with Crippen molar-refractivity contribution in [3.8, 4) is 11.6 Å². The molecule has 3 aromatic rings. The van der Waals surface area contributed by atoms with Gasteiger partial charge in [-0.15, -0.1) is 0 Å². The molecule has 4 nitrogen and oxygen atoms in total. The van der Waals surface area contributed by atoms with Crippen LogP contribution in [0, 0.1) is 0 Å². The van der Waals surface area contributed by atoms with Gasteiger partial charge in [-0.3, -0.25) is 4.99 Å². The molecule has 0 unspecified atom stereocenters. The Kier molecular flexibility index (Phi) is 4.39. The van der Waals surface area contributed by atoms with Gasteiger partial charge in [-0.05, 0) is 56.3 Å². The summed E-state index contributed by atoms with van der Waals surface area (Å²) >= 11 is 3.45. The molecular formula is C18H17BrN2O2. The van der Waals surface area contributed by atoms with Gasteiger partial charge in [0.15, 0.2) is 5.88 Å². The first-order valence-electron chi connectivity index (χ1n) is 7.34. The molecule has 1 heterocycles. The van der Waals surface area contributed by atoms with Crippen LogP contribution in [0.5, 0.6) is 11.6 Å². The number of fused-ring (bicyclic) bond motifs is 1. The molecule has 23 heavy (non-hydrogen) atoms. The number of aromatic amines is 1. The predicted molar refractivity (Wildman–Crippen MR) is 97.1 cm³/mol. The average molecular weight is 373 g/mol. The zero-order valence-corrected chi connectivity index (χ0v) is 14.5. The third-order valence-electron chi connectivity index (χ3n) is 3.33. The van der Waals surface area contributed by atoms with Gasteiger partial charge in [0, 0.05) is 21.6 Å².